The molecule has 1 aromatic carbocycles. The number of carbonyl (C=O) groups excluding carboxylic acids is 3. The van der Waals surface area contributed by atoms with Crippen LogP contribution in [0.15, 0.2) is 49.2 Å². The SMILES string of the molecule is C=C[C@@H]1C[C@]1(NC(=O)[C@@H]1C[C@H](Oc2ccnc3ccccc23)N(C(=O)OC(C)(C)C)C1)C(=O)OCC. The minimum atomic E-state index is -1.11. The number of carbonyl (C=O) groups is 3. The summed E-state index contributed by atoms with van der Waals surface area (Å²) in [5.74, 6) is -1.06. The first-order chi connectivity index (χ1) is 17.1. The van der Waals surface area contributed by atoms with E-state index in [2.05, 4.69) is 16.9 Å². The van der Waals surface area contributed by atoms with Gasteiger partial charge in [0.2, 0.25) is 5.91 Å². The molecule has 0 unspecified atom stereocenters. The lowest BCUT2D eigenvalue weighted by molar-refractivity contribution is -0.149. The molecule has 2 fully saturated rings. The molecule has 0 bridgehead atoms. The van der Waals surface area contributed by atoms with Gasteiger partial charge < -0.3 is 19.5 Å². The minimum Gasteiger partial charge on any atom is -0.470 e. The Balaban J connectivity index is 1.56. The third-order valence-electron chi connectivity index (χ3n) is 6.41. The number of nitrogens with one attached hydrogen (secondary N) is 1. The van der Waals surface area contributed by atoms with Gasteiger partial charge in [0.05, 0.1) is 18.0 Å². The molecule has 36 heavy (non-hydrogen) atoms. The number of ether oxygens (including phenoxy) is 3. The van der Waals surface area contributed by atoms with Gasteiger partial charge in [0.15, 0.2) is 6.23 Å². The summed E-state index contributed by atoms with van der Waals surface area (Å²) < 4.78 is 17.1. The Morgan fingerprint density at radius 3 is 2.67 bits per heavy atom. The molecule has 2 amide bonds. The van der Waals surface area contributed by atoms with Crippen molar-refractivity contribution in [1.82, 2.24) is 15.2 Å². The fourth-order valence-electron chi connectivity index (χ4n) is 4.52. The van der Waals surface area contributed by atoms with Gasteiger partial charge in [-0.3, -0.25) is 14.7 Å². The first-order valence-corrected chi connectivity index (χ1v) is 12.2. The molecular formula is C27H33N3O6. The third-order valence-corrected chi connectivity index (χ3v) is 6.41. The van der Waals surface area contributed by atoms with E-state index in [-0.39, 0.29) is 31.4 Å². The van der Waals surface area contributed by atoms with E-state index in [1.54, 1.807) is 46.0 Å². The summed E-state index contributed by atoms with van der Waals surface area (Å²) in [5.41, 5.74) is -1.07. The third kappa shape index (κ3) is 5.15. The predicted octanol–water partition coefficient (Wildman–Crippen LogP) is 3.82. The van der Waals surface area contributed by atoms with Gasteiger partial charge in [-0.2, -0.15) is 0 Å². The van der Waals surface area contributed by atoms with Crippen LogP contribution >= 0.6 is 0 Å². The fraction of sp³-hybridized carbons (Fsp3) is 0.481. The van der Waals surface area contributed by atoms with Gasteiger partial charge in [0.25, 0.3) is 0 Å². The number of para-hydroxylation sites is 1. The van der Waals surface area contributed by atoms with Crippen LogP contribution in [0.3, 0.4) is 0 Å². The molecule has 9 nitrogen and oxygen atoms in total. The average molecular weight is 496 g/mol. The molecule has 1 aromatic heterocycles. The van der Waals surface area contributed by atoms with E-state index in [1.807, 2.05) is 24.3 Å². The number of hydrogen-bond donors (Lipinski definition) is 1. The molecule has 2 heterocycles. The maximum absolute atomic E-state index is 13.3. The summed E-state index contributed by atoms with van der Waals surface area (Å²) in [6.07, 6.45) is 2.65. The van der Waals surface area contributed by atoms with E-state index >= 15 is 0 Å². The highest BCUT2D eigenvalue weighted by Gasteiger charge is 2.61. The van der Waals surface area contributed by atoms with Gasteiger partial charge in [-0.05, 0) is 52.3 Å². The highest BCUT2D eigenvalue weighted by molar-refractivity contribution is 5.93. The van der Waals surface area contributed by atoms with E-state index < -0.39 is 35.3 Å². The van der Waals surface area contributed by atoms with E-state index in [4.69, 9.17) is 14.2 Å². The molecule has 2 aromatic rings. The number of benzene rings is 1. The zero-order valence-electron chi connectivity index (χ0n) is 21.2. The molecule has 0 radical (unpaired) electrons. The summed E-state index contributed by atoms with van der Waals surface area (Å²) in [4.78, 5) is 44.8. The van der Waals surface area contributed by atoms with Gasteiger partial charge in [0.1, 0.15) is 16.9 Å². The number of pyridine rings is 1. The Morgan fingerprint density at radius 1 is 1.25 bits per heavy atom. The second kappa shape index (κ2) is 9.79. The van der Waals surface area contributed by atoms with Crippen molar-refractivity contribution in [3.8, 4) is 5.75 Å². The van der Waals surface area contributed by atoms with Gasteiger partial charge >= 0.3 is 12.1 Å². The van der Waals surface area contributed by atoms with Crippen molar-refractivity contribution in [2.24, 2.45) is 11.8 Å². The molecule has 0 spiro atoms. The van der Waals surface area contributed by atoms with Crippen LogP contribution in [-0.2, 0) is 19.1 Å². The van der Waals surface area contributed by atoms with Crippen molar-refractivity contribution < 1.29 is 28.6 Å². The molecule has 1 aliphatic heterocycles. The largest absolute Gasteiger partial charge is 0.470 e. The van der Waals surface area contributed by atoms with Crippen LogP contribution in [0.5, 0.6) is 5.75 Å². The van der Waals surface area contributed by atoms with Gasteiger partial charge in [-0.15, -0.1) is 6.58 Å². The summed E-state index contributed by atoms with van der Waals surface area (Å²) in [5, 5.41) is 3.68. The number of likely N-dealkylation sites (tertiary alicyclic amines) is 1. The van der Waals surface area contributed by atoms with Crippen LogP contribution in [0.4, 0.5) is 4.79 Å². The lowest BCUT2D eigenvalue weighted by Crippen LogP contribution is -2.48. The van der Waals surface area contributed by atoms with Crippen molar-refractivity contribution in [2.75, 3.05) is 13.2 Å². The fourth-order valence-corrected chi connectivity index (χ4v) is 4.52. The Morgan fingerprint density at radius 2 is 2.00 bits per heavy atom. The first-order valence-electron chi connectivity index (χ1n) is 12.2. The second-order valence-corrected chi connectivity index (χ2v) is 10.2. The summed E-state index contributed by atoms with van der Waals surface area (Å²) in [6.45, 7) is 11.1. The summed E-state index contributed by atoms with van der Waals surface area (Å²) in [6, 6.07) is 9.26. The predicted molar refractivity (Wildman–Crippen MR) is 133 cm³/mol. The number of amides is 2. The van der Waals surface area contributed by atoms with Crippen LogP contribution in [0, 0.1) is 11.8 Å². The van der Waals surface area contributed by atoms with Crippen LogP contribution < -0.4 is 10.1 Å². The number of fused-ring (bicyclic) bond motifs is 1. The number of esters is 1. The molecule has 1 saturated heterocycles. The number of hydrogen-bond acceptors (Lipinski definition) is 7. The highest BCUT2D eigenvalue weighted by Crippen LogP contribution is 2.46. The lowest BCUT2D eigenvalue weighted by Gasteiger charge is -2.28. The smallest absolute Gasteiger partial charge is 0.413 e. The summed E-state index contributed by atoms with van der Waals surface area (Å²) >= 11 is 0. The molecule has 9 heteroatoms. The van der Waals surface area contributed by atoms with Crippen LogP contribution in [0.2, 0.25) is 0 Å². The highest BCUT2D eigenvalue weighted by atomic mass is 16.6. The number of rotatable bonds is 7. The van der Waals surface area contributed by atoms with Crippen molar-refractivity contribution in [1.29, 1.82) is 0 Å². The molecular weight excluding hydrogens is 462 g/mol. The Bertz CT molecular complexity index is 1170. The number of aromatic nitrogens is 1. The molecule has 2 aliphatic rings. The van der Waals surface area contributed by atoms with E-state index in [0.717, 1.165) is 10.9 Å². The maximum Gasteiger partial charge on any atom is 0.413 e. The zero-order chi connectivity index (χ0) is 26.1. The number of nitrogens with zero attached hydrogens (tertiary/aromatic N) is 2. The standard InChI is InChI=1S/C27H33N3O6/c1-6-18-15-27(18,24(32)34-7-2)29-23(31)17-14-22(30(16-17)25(33)36-26(3,4)5)35-21-12-13-28-20-11-9-8-10-19(20)21/h6,8-13,17-18,22H,1,7,14-16H2,2-5H3,(H,29,31)/t17-,18-,22+,27-/m1/s1. The normalized spacial score (nSPS) is 25.2. The Kier molecular flexibility index (Phi) is 6.93. The van der Waals surface area contributed by atoms with Crippen molar-refractivity contribution >= 4 is 28.9 Å². The topological polar surface area (TPSA) is 107 Å². The van der Waals surface area contributed by atoms with Gasteiger partial charge in [-0.25, -0.2) is 9.59 Å². The van der Waals surface area contributed by atoms with Crippen LogP contribution in [-0.4, -0.2) is 58.4 Å². The Labute approximate surface area is 210 Å². The monoisotopic (exact) mass is 495 g/mol. The van der Waals surface area contributed by atoms with Crippen molar-refractivity contribution in [3.63, 3.8) is 0 Å². The van der Waals surface area contributed by atoms with E-state index in [1.165, 1.54) is 4.90 Å². The summed E-state index contributed by atoms with van der Waals surface area (Å²) in [7, 11) is 0. The van der Waals surface area contributed by atoms with Gasteiger partial charge in [-0.1, -0.05) is 18.2 Å². The molecule has 1 N–H and O–H groups in total. The first kappa shape index (κ1) is 25.5. The second-order valence-electron chi connectivity index (χ2n) is 10.2. The van der Waals surface area contributed by atoms with E-state index in [0.29, 0.717) is 12.2 Å². The van der Waals surface area contributed by atoms with Crippen LogP contribution in [0.25, 0.3) is 10.9 Å². The zero-order valence-corrected chi connectivity index (χ0v) is 21.2. The molecule has 1 aliphatic carbocycles. The van der Waals surface area contributed by atoms with Crippen LogP contribution in [0.1, 0.15) is 40.5 Å². The molecule has 4 rings (SSSR count). The van der Waals surface area contributed by atoms with Crippen molar-refractivity contribution in [2.45, 2.75) is 57.9 Å². The lowest BCUT2D eigenvalue weighted by atomic mass is 10.1. The van der Waals surface area contributed by atoms with Gasteiger partial charge in [0, 0.05) is 30.5 Å². The molecule has 1 saturated carbocycles. The van der Waals surface area contributed by atoms with Crippen molar-refractivity contribution in [3.05, 3.63) is 49.2 Å². The molecule has 4 atom stereocenters. The quantitative estimate of drug-likeness (QED) is 0.460. The average Bonchev–Trinajstić information content (AvgIpc) is 3.38. The maximum atomic E-state index is 13.3. The minimum absolute atomic E-state index is 0.0894. The molecule has 192 valence electrons. The van der Waals surface area contributed by atoms with E-state index in [9.17, 15) is 14.4 Å². The Hall–Kier alpha value is -3.62.